The van der Waals surface area contributed by atoms with Gasteiger partial charge in [0.05, 0.1) is 31.9 Å². The Morgan fingerprint density at radius 1 is 1.14 bits per heavy atom. The van der Waals surface area contributed by atoms with Crippen molar-refractivity contribution < 1.29 is 22.7 Å². The molecule has 10 heteroatoms. The molecule has 0 unspecified atom stereocenters. The van der Waals surface area contributed by atoms with Crippen LogP contribution in [0.15, 0.2) is 47.6 Å². The minimum absolute atomic E-state index is 0.288. The standard InChI is InChI=1S/C19H22ClN3O5S/c1-13(14-8-9-17(27-2)18(10-14)28-3)21-22-19(24)12-23(29(4,25)26)16-7-5-6-15(20)11-16/h5-11H,12H2,1-4H3,(H,22,24)/b21-13-. The molecule has 29 heavy (non-hydrogen) atoms. The number of hydrogen-bond donors (Lipinski definition) is 1. The number of carbonyl (C=O) groups excluding carboxylic acids is 1. The normalized spacial score (nSPS) is 11.7. The van der Waals surface area contributed by atoms with Crippen LogP contribution < -0.4 is 19.2 Å². The zero-order chi connectivity index (χ0) is 21.6. The van der Waals surface area contributed by atoms with E-state index in [9.17, 15) is 13.2 Å². The van der Waals surface area contributed by atoms with Crippen molar-refractivity contribution in [1.82, 2.24) is 5.43 Å². The van der Waals surface area contributed by atoms with Crippen molar-refractivity contribution in [2.75, 3.05) is 31.3 Å². The van der Waals surface area contributed by atoms with Crippen molar-refractivity contribution in [2.45, 2.75) is 6.92 Å². The zero-order valence-corrected chi connectivity index (χ0v) is 18.0. The highest BCUT2D eigenvalue weighted by molar-refractivity contribution is 7.92. The van der Waals surface area contributed by atoms with Crippen LogP contribution in [-0.4, -0.2) is 47.1 Å². The molecule has 156 valence electrons. The second-order valence-electron chi connectivity index (χ2n) is 6.05. The lowest BCUT2D eigenvalue weighted by Crippen LogP contribution is -2.39. The van der Waals surface area contributed by atoms with Gasteiger partial charge in [-0.05, 0) is 43.3 Å². The molecule has 2 aromatic rings. The summed E-state index contributed by atoms with van der Waals surface area (Å²) in [7, 11) is -0.649. The first-order chi connectivity index (χ1) is 13.7. The number of anilines is 1. The van der Waals surface area contributed by atoms with E-state index >= 15 is 0 Å². The van der Waals surface area contributed by atoms with Crippen LogP contribution in [0.1, 0.15) is 12.5 Å². The van der Waals surface area contributed by atoms with Crippen molar-refractivity contribution in [3.8, 4) is 11.5 Å². The predicted molar refractivity (Wildman–Crippen MR) is 114 cm³/mol. The molecule has 2 aromatic carbocycles. The van der Waals surface area contributed by atoms with Gasteiger partial charge in [-0.15, -0.1) is 0 Å². The Balaban J connectivity index is 2.16. The Morgan fingerprint density at radius 2 is 1.83 bits per heavy atom. The molecule has 0 fully saturated rings. The van der Waals surface area contributed by atoms with Crippen molar-refractivity contribution in [2.24, 2.45) is 5.10 Å². The number of hydrogen-bond acceptors (Lipinski definition) is 6. The number of hydrazone groups is 1. The number of rotatable bonds is 8. The number of sulfonamides is 1. The summed E-state index contributed by atoms with van der Waals surface area (Å²) in [4.78, 5) is 12.3. The first-order valence-electron chi connectivity index (χ1n) is 8.44. The van der Waals surface area contributed by atoms with Crippen molar-refractivity contribution in [3.63, 3.8) is 0 Å². The maximum absolute atomic E-state index is 12.3. The minimum atomic E-state index is -3.70. The monoisotopic (exact) mass is 439 g/mol. The van der Waals surface area contributed by atoms with Gasteiger partial charge in [0.25, 0.3) is 5.91 Å². The van der Waals surface area contributed by atoms with Gasteiger partial charge in [0.1, 0.15) is 6.54 Å². The SMILES string of the molecule is COc1ccc(/C(C)=N\NC(=O)CN(c2cccc(Cl)c2)S(C)(=O)=O)cc1OC. The lowest BCUT2D eigenvalue weighted by atomic mass is 10.1. The molecule has 0 heterocycles. The van der Waals surface area contributed by atoms with Gasteiger partial charge >= 0.3 is 0 Å². The largest absolute Gasteiger partial charge is 0.493 e. The summed E-state index contributed by atoms with van der Waals surface area (Å²) in [5.41, 5.74) is 3.87. The molecule has 0 atom stereocenters. The molecule has 0 aliphatic heterocycles. The quantitative estimate of drug-likeness (QED) is 0.503. The predicted octanol–water partition coefficient (Wildman–Crippen LogP) is 2.66. The van der Waals surface area contributed by atoms with Crippen LogP contribution in [-0.2, 0) is 14.8 Å². The third-order valence-electron chi connectivity index (χ3n) is 3.93. The highest BCUT2D eigenvalue weighted by Gasteiger charge is 2.21. The van der Waals surface area contributed by atoms with Crippen LogP contribution in [0.2, 0.25) is 5.02 Å². The van der Waals surface area contributed by atoms with Gasteiger partial charge < -0.3 is 9.47 Å². The van der Waals surface area contributed by atoms with Gasteiger partial charge in [-0.25, -0.2) is 13.8 Å². The van der Waals surface area contributed by atoms with Crippen molar-refractivity contribution in [3.05, 3.63) is 53.1 Å². The molecule has 0 saturated carbocycles. The number of methoxy groups -OCH3 is 2. The lowest BCUT2D eigenvalue weighted by Gasteiger charge is -2.21. The van der Waals surface area contributed by atoms with Gasteiger partial charge in [0, 0.05) is 10.6 Å². The molecule has 0 bridgehead atoms. The van der Waals surface area contributed by atoms with E-state index in [1.54, 1.807) is 43.3 Å². The number of halogens is 1. The summed E-state index contributed by atoms with van der Waals surface area (Å²) in [6, 6.07) is 11.4. The van der Waals surface area contributed by atoms with Crippen LogP contribution in [0.4, 0.5) is 5.69 Å². The summed E-state index contributed by atoms with van der Waals surface area (Å²) < 4.78 is 35.6. The summed E-state index contributed by atoms with van der Waals surface area (Å²) in [6.45, 7) is 1.26. The fourth-order valence-electron chi connectivity index (χ4n) is 2.47. The fraction of sp³-hybridized carbons (Fsp3) is 0.263. The third-order valence-corrected chi connectivity index (χ3v) is 5.31. The number of ether oxygens (including phenoxy) is 2. The number of amides is 1. The molecule has 1 N–H and O–H groups in total. The van der Waals surface area contributed by atoms with E-state index in [0.717, 1.165) is 10.6 Å². The van der Waals surface area contributed by atoms with Gasteiger partial charge in [-0.2, -0.15) is 5.10 Å². The second-order valence-corrected chi connectivity index (χ2v) is 8.39. The average Bonchev–Trinajstić information content (AvgIpc) is 2.68. The van der Waals surface area contributed by atoms with E-state index in [4.69, 9.17) is 21.1 Å². The Kier molecular flexibility index (Phi) is 7.46. The molecule has 0 radical (unpaired) electrons. The summed E-state index contributed by atoms with van der Waals surface area (Å²) >= 11 is 5.93. The first-order valence-corrected chi connectivity index (χ1v) is 10.7. The lowest BCUT2D eigenvalue weighted by molar-refractivity contribution is -0.119. The van der Waals surface area contributed by atoms with Crippen LogP contribution in [0.25, 0.3) is 0 Å². The third kappa shape index (κ3) is 6.10. The van der Waals surface area contributed by atoms with Crippen molar-refractivity contribution in [1.29, 1.82) is 0 Å². The van der Waals surface area contributed by atoms with E-state index < -0.39 is 22.5 Å². The van der Waals surface area contributed by atoms with E-state index in [1.807, 2.05) is 0 Å². The van der Waals surface area contributed by atoms with Crippen LogP contribution in [0.3, 0.4) is 0 Å². The number of nitrogens with one attached hydrogen (secondary N) is 1. The fourth-order valence-corrected chi connectivity index (χ4v) is 3.50. The van der Waals surface area contributed by atoms with Gasteiger partial charge in [-0.3, -0.25) is 9.10 Å². The molecule has 8 nitrogen and oxygen atoms in total. The first kappa shape index (κ1) is 22.5. The smallest absolute Gasteiger partial charge is 0.260 e. The van der Waals surface area contributed by atoms with Crippen molar-refractivity contribution >= 4 is 38.9 Å². The molecule has 0 saturated heterocycles. The minimum Gasteiger partial charge on any atom is -0.493 e. The topological polar surface area (TPSA) is 97.3 Å². The average molecular weight is 440 g/mol. The molecular formula is C19H22ClN3O5S. The van der Waals surface area contributed by atoms with Gasteiger partial charge in [0.2, 0.25) is 10.0 Å². The van der Waals surface area contributed by atoms with E-state index in [-0.39, 0.29) is 5.69 Å². The molecule has 2 rings (SSSR count). The second kappa shape index (κ2) is 9.62. The molecule has 1 amide bonds. The van der Waals surface area contributed by atoms with Crippen LogP contribution >= 0.6 is 11.6 Å². The zero-order valence-electron chi connectivity index (χ0n) is 16.5. The Bertz CT molecular complexity index is 1020. The van der Waals surface area contributed by atoms with E-state index in [2.05, 4.69) is 10.5 Å². The Hall–Kier alpha value is -2.78. The summed E-state index contributed by atoms with van der Waals surface area (Å²) in [6.07, 6.45) is 1.01. The number of nitrogens with zero attached hydrogens (tertiary/aromatic N) is 2. The maximum Gasteiger partial charge on any atom is 0.260 e. The molecular weight excluding hydrogens is 418 g/mol. The summed E-state index contributed by atoms with van der Waals surface area (Å²) in [5.74, 6) is 0.490. The molecule has 0 aliphatic rings. The van der Waals surface area contributed by atoms with Crippen LogP contribution in [0, 0.1) is 0 Å². The Morgan fingerprint density at radius 3 is 2.41 bits per heavy atom. The number of carbonyl (C=O) groups is 1. The number of benzene rings is 2. The van der Waals surface area contributed by atoms with Gasteiger partial charge in [0.15, 0.2) is 11.5 Å². The summed E-state index contributed by atoms with van der Waals surface area (Å²) in [5, 5.41) is 4.40. The Labute approximate surface area is 175 Å². The maximum atomic E-state index is 12.3. The highest BCUT2D eigenvalue weighted by Crippen LogP contribution is 2.27. The molecule has 0 aliphatic carbocycles. The van der Waals surface area contributed by atoms with E-state index in [1.165, 1.54) is 20.3 Å². The molecule has 0 aromatic heterocycles. The van der Waals surface area contributed by atoms with Crippen LogP contribution in [0.5, 0.6) is 11.5 Å². The highest BCUT2D eigenvalue weighted by atomic mass is 35.5. The van der Waals surface area contributed by atoms with E-state index in [0.29, 0.717) is 27.8 Å². The molecule has 0 spiro atoms. The van der Waals surface area contributed by atoms with Gasteiger partial charge in [-0.1, -0.05) is 17.7 Å².